The molecule has 1 heterocycles. The number of aromatic nitrogens is 1. The first kappa shape index (κ1) is 13.5. The molecule has 0 aliphatic rings. The molecule has 2 rings (SSSR count). The molecule has 98 valence electrons. The van der Waals surface area contributed by atoms with Crippen molar-refractivity contribution in [3.8, 4) is 0 Å². The molecule has 0 aliphatic heterocycles. The van der Waals surface area contributed by atoms with Crippen LogP contribution in [0.2, 0.25) is 0 Å². The molecule has 19 heavy (non-hydrogen) atoms. The third kappa shape index (κ3) is 3.74. The van der Waals surface area contributed by atoms with E-state index in [1.807, 2.05) is 36.4 Å². The largest absolute Gasteiger partial charge is 0.388 e. The number of ether oxygens (including phenoxy) is 1. The van der Waals surface area contributed by atoms with Crippen molar-refractivity contribution in [2.24, 2.45) is 5.73 Å². The second-order valence-corrected chi connectivity index (χ2v) is 4.49. The number of nitrogens with zero attached hydrogens (tertiary/aromatic N) is 1. The number of thiocarbonyl (C=S) groups is 1. The summed E-state index contributed by atoms with van der Waals surface area (Å²) in [7, 11) is 1.68. The fourth-order valence-corrected chi connectivity index (χ4v) is 1.83. The number of pyridine rings is 1. The summed E-state index contributed by atoms with van der Waals surface area (Å²) >= 11 is 4.91. The quantitative estimate of drug-likeness (QED) is 0.820. The van der Waals surface area contributed by atoms with Gasteiger partial charge in [-0.05, 0) is 29.8 Å². The summed E-state index contributed by atoms with van der Waals surface area (Å²) in [6.07, 6.45) is 1.68. The lowest BCUT2D eigenvalue weighted by molar-refractivity contribution is 0.185. The van der Waals surface area contributed by atoms with Gasteiger partial charge in [0.05, 0.1) is 12.3 Å². The van der Waals surface area contributed by atoms with Crippen LogP contribution in [0.15, 0.2) is 42.6 Å². The molecule has 0 aliphatic carbocycles. The highest BCUT2D eigenvalue weighted by molar-refractivity contribution is 7.80. The van der Waals surface area contributed by atoms with Crippen molar-refractivity contribution in [1.82, 2.24) is 4.98 Å². The van der Waals surface area contributed by atoms with Gasteiger partial charge in [-0.2, -0.15) is 0 Å². The third-order valence-electron chi connectivity index (χ3n) is 2.54. The van der Waals surface area contributed by atoms with Crippen molar-refractivity contribution >= 4 is 28.6 Å². The Morgan fingerprint density at radius 1 is 1.32 bits per heavy atom. The molecular weight excluding hydrogens is 258 g/mol. The van der Waals surface area contributed by atoms with Crippen LogP contribution >= 0.6 is 12.2 Å². The van der Waals surface area contributed by atoms with Gasteiger partial charge in [0.1, 0.15) is 4.99 Å². The van der Waals surface area contributed by atoms with Crippen LogP contribution < -0.4 is 11.1 Å². The summed E-state index contributed by atoms with van der Waals surface area (Å²) in [6.45, 7) is 0.587. The highest BCUT2D eigenvalue weighted by atomic mass is 32.1. The highest BCUT2D eigenvalue weighted by Gasteiger charge is 2.01. The van der Waals surface area contributed by atoms with E-state index in [0.29, 0.717) is 12.3 Å². The molecule has 0 atom stereocenters. The summed E-state index contributed by atoms with van der Waals surface area (Å²) in [4.78, 5) is 4.39. The fraction of sp³-hybridized carbons (Fsp3) is 0.143. The predicted molar refractivity (Wildman–Crippen MR) is 80.6 cm³/mol. The maximum atomic E-state index is 5.56. The van der Waals surface area contributed by atoms with Gasteiger partial charge in [-0.3, -0.25) is 4.98 Å². The Hall–Kier alpha value is -1.98. The maximum absolute atomic E-state index is 5.56. The van der Waals surface area contributed by atoms with E-state index in [0.717, 1.165) is 16.9 Å². The van der Waals surface area contributed by atoms with Crippen molar-refractivity contribution in [2.75, 3.05) is 12.4 Å². The summed E-state index contributed by atoms with van der Waals surface area (Å²) in [6, 6.07) is 11.7. The lowest BCUT2D eigenvalue weighted by Crippen LogP contribution is -2.11. The van der Waals surface area contributed by atoms with Gasteiger partial charge in [-0.25, -0.2) is 0 Å². The van der Waals surface area contributed by atoms with E-state index < -0.39 is 0 Å². The minimum atomic E-state index is 0.289. The van der Waals surface area contributed by atoms with Gasteiger partial charge >= 0.3 is 0 Å². The molecule has 0 fully saturated rings. The predicted octanol–water partition coefficient (Wildman–Crippen LogP) is 2.61. The Morgan fingerprint density at radius 2 is 2.11 bits per heavy atom. The molecule has 0 unspecified atom stereocenters. The third-order valence-corrected chi connectivity index (χ3v) is 2.75. The van der Waals surface area contributed by atoms with Crippen LogP contribution in [0.4, 0.5) is 11.4 Å². The smallest absolute Gasteiger partial charge is 0.122 e. The SMILES string of the molecule is COCc1cccc(Nc2ccnc(C(N)=S)c2)c1. The number of hydrogen-bond acceptors (Lipinski definition) is 4. The van der Waals surface area contributed by atoms with Crippen LogP contribution in [-0.2, 0) is 11.3 Å². The zero-order chi connectivity index (χ0) is 13.7. The lowest BCUT2D eigenvalue weighted by Gasteiger charge is -2.09. The van der Waals surface area contributed by atoms with Gasteiger partial charge in [0.25, 0.3) is 0 Å². The van der Waals surface area contributed by atoms with Crippen molar-refractivity contribution in [3.05, 3.63) is 53.9 Å². The Morgan fingerprint density at radius 3 is 2.84 bits per heavy atom. The number of anilines is 2. The average molecular weight is 273 g/mol. The molecule has 1 aromatic heterocycles. The number of hydrogen-bond donors (Lipinski definition) is 2. The van der Waals surface area contributed by atoms with Crippen LogP contribution in [0.3, 0.4) is 0 Å². The Labute approximate surface area is 117 Å². The molecule has 1 aromatic carbocycles. The van der Waals surface area contributed by atoms with Crippen LogP contribution in [0.1, 0.15) is 11.3 Å². The van der Waals surface area contributed by atoms with E-state index in [-0.39, 0.29) is 4.99 Å². The second-order valence-electron chi connectivity index (χ2n) is 4.05. The summed E-state index contributed by atoms with van der Waals surface area (Å²) in [5, 5.41) is 3.29. The molecule has 0 amide bonds. The van der Waals surface area contributed by atoms with Gasteiger partial charge in [0.15, 0.2) is 0 Å². The normalized spacial score (nSPS) is 10.2. The Bertz CT molecular complexity index is 586. The topological polar surface area (TPSA) is 60.2 Å². The number of nitrogens with one attached hydrogen (secondary N) is 1. The molecule has 2 aromatic rings. The molecule has 0 saturated heterocycles. The molecular formula is C14H15N3OS. The zero-order valence-corrected chi connectivity index (χ0v) is 11.4. The minimum absolute atomic E-state index is 0.289. The van der Waals surface area contributed by atoms with Crippen LogP contribution in [0.25, 0.3) is 0 Å². The van der Waals surface area contributed by atoms with Gasteiger partial charge < -0.3 is 15.8 Å². The monoisotopic (exact) mass is 273 g/mol. The summed E-state index contributed by atoms with van der Waals surface area (Å²) in [5.74, 6) is 0. The molecule has 3 N–H and O–H groups in total. The van der Waals surface area contributed by atoms with Crippen LogP contribution in [0, 0.1) is 0 Å². The van der Waals surface area contributed by atoms with E-state index in [4.69, 9.17) is 22.7 Å². The zero-order valence-electron chi connectivity index (χ0n) is 10.6. The van der Waals surface area contributed by atoms with Gasteiger partial charge in [-0.15, -0.1) is 0 Å². The Kier molecular flexibility index (Phi) is 4.43. The van der Waals surface area contributed by atoms with Crippen molar-refractivity contribution in [3.63, 3.8) is 0 Å². The molecule has 0 radical (unpaired) electrons. The first-order valence-corrected chi connectivity index (χ1v) is 6.20. The lowest BCUT2D eigenvalue weighted by atomic mass is 10.2. The van der Waals surface area contributed by atoms with Crippen molar-refractivity contribution < 1.29 is 4.74 Å². The fourth-order valence-electron chi connectivity index (χ4n) is 1.72. The van der Waals surface area contributed by atoms with E-state index in [2.05, 4.69) is 10.3 Å². The molecule has 4 nitrogen and oxygen atoms in total. The van der Waals surface area contributed by atoms with Gasteiger partial charge in [0, 0.05) is 24.7 Å². The standard InChI is InChI=1S/C14H15N3OS/c1-18-9-10-3-2-4-11(7-10)17-12-5-6-16-13(8-12)14(15)19/h2-8H,9H2,1H3,(H2,15,19)(H,16,17). The minimum Gasteiger partial charge on any atom is -0.388 e. The highest BCUT2D eigenvalue weighted by Crippen LogP contribution is 2.18. The molecule has 0 spiro atoms. The first-order valence-electron chi connectivity index (χ1n) is 5.80. The molecule has 5 heteroatoms. The van der Waals surface area contributed by atoms with Crippen molar-refractivity contribution in [1.29, 1.82) is 0 Å². The summed E-state index contributed by atoms with van der Waals surface area (Å²) < 4.78 is 5.11. The van der Waals surface area contributed by atoms with Gasteiger partial charge in [0.2, 0.25) is 0 Å². The van der Waals surface area contributed by atoms with Crippen molar-refractivity contribution in [2.45, 2.75) is 6.61 Å². The van der Waals surface area contributed by atoms with E-state index in [9.17, 15) is 0 Å². The van der Waals surface area contributed by atoms with E-state index >= 15 is 0 Å². The van der Waals surface area contributed by atoms with E-state index in [1.54, 1.807) is 13.3 Å². The number of nitrogens with two attached hydrogens (primary N) is 1. The number of methoxy groups -OCH3 is 1. The van der Waals surface area contributed by atoms with Crippen LogP contribution in [0.5, 0.6) is 0 Å². The summed E-state index contributed by atoms with van der Waals surface area (Å²) in [5.41, 5.74) is 9.15. The number of rotatable bonds is 5. The first-order chi connectivity index (χ1) is 9.19. The maximum Gasteiger partial charge on any atom is 0.122 e. The Balaban J connectivity index is 2.18. The second kappa shape index (κ2) is 6.26. The molecule has 0 bridgehead atoms. The number of benzene rings is 1. The molecule has 0 saturated carbocycles. The van der Waals surface area contributed by atoms with Crippen LogP contribution in [-0.4, -0.2) is 17.1 Å². The van der Waals surface area contributed by atoms with Gasteiger partial charge in [-0.1, -0.05) is 24.4 Å². The van der Waals surface area contributed by atoms with E-state index in [1.165, 1.54) is 0 Å². The average Bonchev–Trinajstić information content (AvgIpc) is 2.40.